The van der Waals surface area contributed by atoms with Gasteiger partial charge in [-0.25, -0.2) is 0 Å². The molecule has 5 nitrogen and oxygen atoms in total. The van der Waals surface area contributed by atoms with E-state index in [1.54, 1.807) is 11.8 Å². The van der Waals surface area contributed by atoms with E-state index in [1.807, 2.05) is 45.9 Å². The van der Waals surface area contributed by atoms with E-state index in [0.717, 1.165) is 4.90 Å². The van der Waals surface area contributed by atoms with Crippen LogP contribution in [-0.4, -0.2) is 48.0 Å². The third kappa shape index (κ3) is 3.23. The lowest BCUT2D eigenvalue weighted by atomic mass is 10.1. The molecule has 0 unspecified atom stereocenters. The average molecular weight is 352 g/mol. The van der Waals surface area contributed by atoms with Crippen molar-refractivity contribution in [1.29, 1.82) is 0 Å². The normalized spacial score (nSPS) is 39.9. The second-order valence-electron chi connectivity index (χ2n) is 7.33. The summed E-state index contributed by atoms with van der Waals surface area (Å²) in [6.45, 7) is 8.25. The van der Waals surface area contributed by atoms with E-state index in [4.69, 9.17) is 23.7 Å². The van der Waals surface area contributed by atoms with Gasteiger partial charge in [0.1, 0.15) is 29.9 Å². The largest absolute Gasteiger partial charge is 0.356 e. The van der Waals surface area contributed by atoms with Gasteiger partial charge < -0.3 is 23.7 Å². The van der Waals surface area contributed by atoms with Gasteiger partial charge in [-0.2, -0.15) is 0 Å². The Balaban J connectivity index is 1.54. The molecule has 24 heavy (non-hydrogen) atoms. The molecule has 0 saturated carbocycles. The molecule has 3 saturated heterocycles. The van der Waals surface area contributed by atoms with Gasteiger partial charge in [-0.05, 0) is 39.8 Å². The fourth-order valence-corrected chi connectivity index (χ4v) is 4.61. The van der Waals surface area contributed by atoms with E-state index in [9.17, 15) is 0 Å². The van der Waals surface area contributed by atoms with Crippen LogP contribution in [-0.2, 0) is 23.7 Å². The van der Waals surface area contributed by atoms with Crippen LogP contribution in [0.4, 0.5) is 0 Å². The summed E-state index contributed by atoms with van der Waals surface area (Å²) in [5.41, 5.74) is -0.128. The predicted molar refractivity (Wildman–Crippen MR) is 89.7 cm³/mol. The van der Waals surface area contributed by atoms with Crippen LogP contribution >= 0.6 is 11.8 Å². The average Bonchev–Trinajstić information content (AvgIpc) is 3.12. The molecular weight excluding hydrogens is 328 g/mol. The van der Waals surface area contributed by atoms with Crippen LogP contribution in [0.5, 0.6) is 0 Å². The summed E-state index contributed by atoms with van der Waals surface area (Å²) >= 11 is 1.67. The van der Waals surface area contributed by atoms with Crippen molar-refractivity contribution in [3.05, 3.63) is 30.3 Å². The Morgan fingerprint density at radius 3 is 2.25 bits per heavy atom. The first-order valence-corrected chi connectivity index (χ1v) is 9.26. The zero-order chi connectivity index (χ0) is 16.9. The zero-order valence-electron chi connectivity index (χ0n) is 14.4. The monoisotopic (exact) mass is 352 g/mol. The maximum absolute atomic E-state index is 6.31. The molecule has 0 spiro atoms. The summed E-state index contributed by atoms with van der Waals surface area (Å²) in [6, 6.07) is 10.2. The predicted octanol–water partition coefficient (Wildman–Crippen LogP) is 3.18. The summed E-state index contributed by atoms with van der Waals surface area (Å²) in [6.07, 6.45) is -0.614. The standard InChI is InChI=1S/C18H24O5S/c1-17(2)19-10-12(21-17)13-14-15(23-18(3,4)22-14)16(20-13)24-11-8-6-5-7-9-11/h5-9,12-16H,10H2,1-4H3/t12-,13-,14+,15+,16-/m1/s1. The van der Waals surface area contributed by atoms with Gasteiger partial charge >= 0.3 is 0 Å². The molecule has 5 atom stereocenters. The number of thioether (sulfide) groups is 1. The lowest BCUT2D eigenvalue weighted by molar-refractivity contribution is -0.198. The molecule has 0 aliphatic carbocycles. The van der Waals surface area contributed by atoms with Gasteiger partial charge in [0, 0.05) is 4.90 Å². The molecule has 132 valence electrons. The molecule has 3 aliphatic heterocycles. The first-order valence-electron chi connectivity index (χ1n) is 8.38. The van der Waals surface area contributed by atoms with E-state index in [0.29, 0.717) is 6.61 Å². The second-order valence-corrected chi connectivity index (χ2v) is 8.50. The van der Waals surface area contributed by atoms with E-state index in [1.165, 1.54) is 0 Å². The van der Waals surface area contributed by atoms with Gasteiger partial charge in [-0.3, -0.25) is 0 Å². The Hall–Kier alpha value is -0.630. The van der Waals surface area contributed by atoms with Crippen molar-refractivity contribution in [2.75, 3.05) is 6.61 Å². The van der Waals surface area contributed by atoms with Gasteiger partial charge in [0.25, 0.3) is 0 Å². The van der Waals surface area contributed by atoms with Gasteiger partial charge in [-0.15, -0.1) is 0 Å². The Bertz CT molecular complexity index is 590. The van der Waals surface area contributed by atoms with Gasteiger partial charge in [0.05, 0.1) is 6.61 Å². The molecule has 0 amide bonds. The maximum Gasteiger partial charge on any atom is 0.164 e. The van der Waals surface area contributed by atoms with Crippen molar-refractivity contribution in [3.63, 3.8) is 0 Å². The molecule has 0 N–H and O–H groups in total. The fourth-order valence-electron chi connectivity index (χ4n) is 3.50. The van der Waals surface area contributed by atoms with E-state index < -0.39 is 11.6 Å². The molecule has 1 aromatic carbocycles. The fraction of sp³-hybridized carbons (Fsp3) is 0.667. The summed E-state index contributed by atoms with van der Waals surface area (Å²) in [5.74, 6) is -1.19. The highest BCUT2D eigenvalue weighted by molar-refractivity contribution is 7.99. The number of fused-ring (bicyclic) bond motifs is 1. The molecule has 1 aromatic rings. The molecule has 6 heteroatoms. The highest BCUT2D eigenvalue weighted by Gasteiger charge is 2.59. The summed E-state index contributed by atoms with van der Waals surface area (Å²) < 4.78 is 30.3. The topological polar surface area (TPSA) is 46.2 Å². The van der Waals surface area contributed by atoms with Crippen LogP contribution < -0.4 is 0 Å². The number of hydrogen-bond acceptors (Lipinski definition) is 6. The highest BCUT2D eigenvalue weighted by atomic mass is 32.2. The zero-order valence-corrected chi connectivity index (χ0v) is 15.2. The smallest absolute Gasteiger partial charge is 0.164 e. The van der Waals surface area contributed by atoms with Gasteiger partial charge in [0.15, 0.2) is 11.6 Å². The van der Waals surface area contributed by atoms with Crippen molar-refractivity contribution >= 4 is 11.8 Å². The molecule has 3 heterocycles. The minimum absolute atomic E-state index is 0.123. The molecule has 0 aromatic heterocycles. The number of rotatable bonds is 3. The minimum atomic E-state index is -0.609. The number of benzene rings is 1. The first kappa shape index (κ1) is 16.8. The van der Waals surface area contributed by atoms with Crippen molar-refractivity contribution in [2.45, 2.75) is 74.0 Å². The quantitative estimate of drug-likeness (QED) is 0.833. The third-order valence-corrected chi connectivity index (χ3v) is 5.60. The molecule has 0 bridgehead atoms. The molecule has 3 aliphatic rings. The summed E-state index contributed by atoms with van der Waals surface area (Å²) in [5, 5.41) is 0. The van der Waals surface area contributed by atoms with Crippen LogP contribution in [0.1, 0.15) is 27.7 Å². The Morgan fingerprint density at radius 2 is 1.58 bits per heavy atom. The SMILES string of the molecule is CC1(C)O[C@@H]2[C@H](O1)[C@@H](Sc1ccccc1)O[C@@H]2[C@H]1COC(C)(C)O1. The van der Waals surface area contributed by atoms with Crippen molar-refractivity contribution < 1.29 is 23.7 Å². The van der Waals surface area contributed by atoms with Crippen LogP contribution in [0, 0.1) is 0 Å². The Labute approximate surface area is 146 Å². The highest BCUT2D eigenvalue weighted by Crippen LogP contribution is 2.46. The van der Waals surface area contributed by atoms with E-state index in [2.05, 4.69) is 12.1 Å². The lowest BCUT2D eigenvalue weighted by Gasteiger charge is -2.26. The van der Waals surface area contributed by atoms with Crippen LogP contribution in [0.15, 0.2) is 35.2 Å². The van der Waals surface area contributed by atoms with Crippen LogP contribution in [0.3, 0.4) is 0 Å². The molecular formula is C18H24O5S. The molecule has 0 radical (unpaired) electrons. The van der Waals surface area contributed by atoms with Crippen molar-refractivity contribution in [3.8, 4) is 0 Å². The van der Waals surface area contributed by atoms with Crippen LogP contribution in [0.25, 0.3) is 0 Å². The minimum Gasteiger partial charge on any atom is -0.356 e. The number of hydrogen-bond donors (Lipinski definition) is 0. The van der Waals surface area contributed by atoms with Crippen molar-refractivity contribution in [2.24, 2.45) is 0 Å². The Morgan fingerprint density at radius 1 is 0.875 bits per heavy atom. The summed E-state index contributed by atoms with van der Waals surface area (Å²) in [7, 11) is 0. The maximum atomic E-state index is 6.31. The molecule has 4 rings (SSSR count). The van der Waals surface area contributed by atoms with Gasteiger partial charge in [0.2, 0.25) is 0 Å². The third-order valence-electron chi connectivity index (χ3n) is 4.44. The van der Waals surface area contributed by atoms with E-state index >= 15 is 0 Å². The van der Waals surface area contributed by atoms with E-state index in [-0.39, 0.29) is 29.9 Å². The molecule has 3 fully saturated rings. The first-order chi connectivity index (χ1) is 11.3. The Kier molecular flexibility index (Phi) is 4.18. The lowest BCUT2D eigenvalue weighted by Crippen LogP contribution is -2.40. The van der Waals surface area contributed by atoms with Gasteiger partial charge in [-0.1, -0.05) is 30.0 Å². The summed E-state index contributed by atoms with van der Waals surface area (Å²) in [4.78, 5) is 1.15. The van der Waals surface area contributed by atoms with Crippen LogP contribution in [0.2, 0.25) is 0 Å². The van der Waals surface area contributed by atoms with Crippen molar-refractivity contribution in [1.82, 2.24) is 0 Å². The second kappa shape index (κ2) is 5.97. The number of ether oxygens (including phenoxy) is 5.